The predicted octanol–water partition coefficient (Wildman–Crippen LogP) is 5.60. The molecular formula is C22H26O3P+. The number of rotatable bonds is 8. The van der Waals surface area contributed by atoms with Gasteiger partial charge in [0.05, 0.1) is 0 Å². The van der Waals surface area contributed by atoms with Gasteiger partial charge in [-0.15, -0.1) is 0 Å². The summed E-state index contributed by atoms with van der Waals surface area (Å²) in [7, 11) is -2.67. The van der Waals surface area contributed by atoms with Crippen molar-refractivity contribution in [2.24, 2.45) is 0 Å². The van der Waals surface area contributed by atoms with Crippen molar-refractivity contribution in [3.8, 4) is 0 Å². The highest BCUT2D eigenvalue weighted by atomic mass is 31.1. The number of carbonyl (C=O) groups excluding carboxylic acids is 2. The third-order valence-electron chi connectivity index (χ3n) is 5.55. The van der Waals surface area contributed by atoms with Crippen molar-refractivity contribution in [3.05, 3.63) is 71.8 Å². The second kappa shape index (κ2) is 8.05. The third kappa shape index (κ3) is 3.54. The van der Waals surface area contributed by atoms with Gasteiger partial charge in [0.2, 0.25) is 0 Å². The molecule has 2 atom stereocenters. The Kier molecular flexibility index (Phi) is 6.26. The molecular weight excluding hydrogens is 343 g/mol. The maximum Gasteiger partial charge on any atom is 0.493 e. The summed E-state index contributed by atoms with van der Waals surface area (Å²) in [6, 6.07) is 18.6. The van der Waals surface area contributed by atoms with Gasteiger partial charge in [0.25, 0.3) is 0 Å². The molecule has 0 amide bonds. The summed E-state index contributed by atoms with van der Waals surface area (Å²) in [5.41, 5.74) is -1.25. The normalized spacial score (nSPS) is 16.2. The van der Waals surface area contributed by atoms with Crippen LogP contribution in [0.2, 0.25) is 0 Å². The zero-order valence-corrected chi connectivity index (χ0v) is 16.8. The lowest BCUT2D eigenvalue weighted by molar-refractivity contribution is -0.119. The van der Waals surface area contributed by atoms with Gasteiger partial charge >= 0.3 is 18.8 Å². The number of carbonyl (C=O) groups is 2. The lowest BCUT2D eigenvalue weighted by atomic mass is 9.81. The largest absolute Gasteiger partial charge is 0.493 e. The molecule has 2 unspecified atom stereocenters. The van der Waals surface area contributed by atoms with Crippen molar-refractivity contribution in [2.45, 2.75) is 51.4 Å². The summed E-state index contributed by atoms with van der Waals surface area (Å²) >= 11 is 0. The topological polar surface area (TPSA) is 51.2 Å². The maximum atomic E-state index is 13.1. The van der Waals surface area contributed by atoms with E-state index in [0.29, 0.717) is 12.8 Å². The molecule has 0 fully saturated rings. The highest BCUT2D eigenvalue weighted by Crippen LogP contribution is 2.45. The predicted molar refractivity (Wildman–Crippen MR) is 106 cm³/mol. The van der Waals surface area contributed by atoms with Crippen molar-refractivity contribution in [2.75, 3.05) is 0 Å². The summed E-state index contributed by atoms with van der Waals surface area (Å²) < 4.78 is 13.0. The molecule has 0 heterocycles. The first-order valence-electron chi connectivity index (χ1n) is 8.98. The molecule has 0 spiro atoms. The Labute approximate surface area is 156 Å². The van der Waals surface area contributed by atoms with Gasteiger partial charge in [-0.3, -0.25) is 0 Å². The fourth-order valence-electron chi connectivity index (χ4n) is 3.11. The first kappa shape index (κ1) is 20.2. The van der Waals surface area contributed by atoms with Gasteiger partial charge in [-0.1, -0.05) is 79.1 Å². The second-order valence-corrected chi connectivity index (χ2v) is 8.41. The van der Waals surface area contributed by atoms with E-state index in [4.69, 9.17) is 0 Å². The molecule has 2 aromatic carbocycles. The molecule has 0 saturated carbocycles. The first-order valence-corrected chi connectivity index (χ1v) is 10.2. The first-order chi connectivity index (χ1) is 12.3. The van der Waals surface area contributed by atoms with Crippen LogP contribution in [0.5, 0.6) is 0 Å². The standard InChI is InChI=1S/C22H26O3P/c1-5-21(3,17-13-9-7-10-14-17)19(23)26(25)20(24)22(4,6-2)18-15-11-8-12-16-18/h7-16H,5-6H2,1-4H3/q+1. The Bertz CT molecular complexity index is 733. The molecule has 0 N–H and O–H groups in total. The van der Waals surface area contributed by atoms with E-state index >= 15 is 0 Å². The number of hydrogen-bond acceptors (Lipinski definition) is 3. The van der Waals surface area contributed by atoms with Crippen LogP contribution in [0.25, 0.3) is 0 Å². The fraction of sp³-hybridized carbons (Fsp3) is 0.364. The summed E-state index contributed by atoms with van der Waals surface area (Å²) in [5, 5.41) is 0. The molecule has 0 bridgehead atoms. The van der Waals surface area contributed by atoms with Crippen LogP contribution in [0.15, 0.2) is 60.7 Å². The van der Waals surface area contributed by atoms with Crippen LogP contribution in [-0.4, -0.2) is 11.0 Å². The summed E-state index contributed by atoms with van der Waals surface area (Å²) in [4.78, 5) is 26.3. The van der Waals surface area contributed by atoms with Gasteiger partial charge in [0, 0.05) is 0 Å². The Hall–Kier alpha value is -2.12. The zero-order chi connectivity index (χ0) is 19.4. The lowest BCUT2D eigenvalue weighted by Crippen LogP contribution is -2.35. The molecule has 26 heavy (non-hydrogen) atoms. The van der Waals surface area contributed by atoms with Gasteiger partial charge < -0.3 is 0 Å². The van der Waals surface area contributed by atoms with Crippen LogP contribution in [0.1, 0.15) is 51.7 Å². The zero-order valence-electron chi connectivity index (χ0n) is 15.9. The van der Waals surface area contributed by atoms with Crippen molar-refractivity contribution in [1.29, 1.82) is 0 Å². The molecule has 3 nitrogen and oxygen atoms in total. The Morgan fingerprint density at radius 1 is 0.731 bits per heavy atom. The van der Waals surface area contributed by atoms with Gasteiger partial charge in [-0.2, -0.15) is 0 Å². The Balaban J connectivity index is 2.40. The van der Waals surface area contributed by atoms with E-state index in [1.54, 1.807) is 13.8 Å². The van der Waals surface area contributed by atoms with Crippen LogP contribution in [0.3, 0.4) is 0 Å². The third-order valence-corrected chi connectivity index (χ3v) is 7.27. The van der Waals surface area contributed by atoms with Crippen LogP contribution in [0.4, 0.5) is 0 Å². The molecule has 0 aliphatic carbocycles. The van der Waals surface area contributed by atoms with Crippen LogP contribution in [0, 0.1) is 0 Å². The quantitative estimate of drug-likeness (QED) is 0.569. The van der Waals surface area contributed by atoms with E-state index in [1.807, 2.05) is 74.5 Å². The molecule has 0 aromatic heterocycles. The van der Waals surface area contributed by atoms with E-state index in [-0.39, 0.29) is 0 Å². The van der Waals surface area contributed by atoms with Gasteiger partial charge in [-0.05, 0) is 37.8 Å². The molecule has 0 aliphatic heterocycles. The fourth-order valence-corrected chi connectivity index (χ4v) is 4.77. The number of benzene rings is 2. The van der Waals surface area contributed by atoms with E-state index < -0.39 is 29.7 Å². The van der Waals surface area contributed by atoms with Crippen LogP contribution >= 0.6 is 7.80 Å². The Morgan fingerprint density at radius 3 is 1.31 bits per heavy atom. The average Bonchev–Trinajstić information content (AvgIpc) is 2.72. The van der Waals surface area contributed by atoms with Crippen molar-refractivity contribution in [3.63, 3.8) is 0 Å². The minimum atomic E-state index is -2.67. The SMILES string of the molecule is CCC(C)(C(=O)[P+](=O)C(=O)C(C)(CC)c1ccccc1)c1ccccc1. The van der Waals surface area contributed by atoms with Gasteiger partial charge in [-0.25, -0.2) is 9.59 Å². The molecule has 0 aliphatic rings. The van der Waals surface area contributed by atoms with Gasteiger partial charge in [0.1, 0.15) is 10.8 Å². The van der Waals surface area contributed by atoms with E-state index in [1.165, 1.54) is 0 Å². The van der Waals surface area contributed by atoms with Gasteiger partial charge in [0.15, 0.2) is 0 Å². The molecule has 2 rings (SSSR count). The van der Waals surface area contributed by atoms with E-state index in [2.05, 4.69) is 0 Å². The molecule has 0 radical (unpaired) electrons. The maximum absolute atomic E-state index is 13.1. The average molecular weight is 369 g/mol. The van der Waals surface area contributed by atoms with E-state index in [0.717, 1.165) is 11.1 Å². The minimum Gasteiger partial charge on any atom is -0.239 e. The van der Waals surface area contributed by atoms with E-state index in [9.17, 15) is 14.2 Å². The summed E-state index contributed by atoms with van der Waals surface area (Å²) in [5.74, 6) is 0. The highest BCUT2D eigenvalue weighted by molar-refractivity contribution is 7.79. The van der Waals surface area contributed by atoms with Crippen LogP contribution < -0.4 is 0 Å². The molecule has 4 heteroatoms. The van der Waals surface area contributed by atoms with Crippen molar-refractivity contribution in [1.82, 2.24) is 0 Å². The molecule has 136 valence electrons. The van der Waals surface area contributed by atoms with Crippen molar-refractivity contribution < 1.29 is 14.2 Å². The summed E-state index contributed by atoms with van der Waals surface area (Å²) in [6.07, 6.45) is 0.969. The lowest BCUT2D eigenvalue weighted by Gasteiger charge is -2.24. The van der Waals surface area contributed by atoms with Crippen LogP contribution in [-0.2, 0) is 25.0 Å². The smallest absolute Gasteiger partial charge is 0.239 e. The number of hydrogen-bond donors (Lipinski definition) is 0. The van der Waals surface area contributed by atoms with Crippen molar-refractivity contribution >= 4 is 18.8 Å². The second-order valence-electron chi connectivity index (χ2n) is 7.01. The minimum absolute atomic E-state index is 0.484. The molecule has 0 saturated heterocycles. The Morgan fingerprint density at radius 2 is 1.04 bits per heavy atom. The summed E-state index contributed by atoms with van der Waals surface area (Å²) in [6.45, 7) is 7.32. The monoisotopic (exact) mass is 369 g/mol. The highest BCUT2D eigenvalue weighted by Gasteiger charge is 2.56. The molecule has 2 aromatic rings.